The molecule has 2 nitrogen and oxygen atoms in total. The summed E-state index contributed by atoms with van der Waals surface area (Å²) in [5, 5.41) is 2.56. The van der Waals surface area contributed by atoms with Crippen molar-refractivity contribution in [1.29, 1.82) is 0 Å². The van der Waals surface area contributed by atoms with E-state index in [9.17, 15) is 0 Å². The number of benzene rings is 1. The van der Waals surface area contributed by atoms with Gasteiger partial charge in [0.25, 0.3) is 0 Å². The van der Waals surface area contributed by atoms with Crippen molar-refractivity contribution in [3.63, 3.8) is 0 Å². The fourth-order valence-corrected chi connectivity index (χ4v) is 1.61. The van der Waals surface area contributed by atoms with Gasteiger partial charge in [-0.1, -0.05) is 35.3 Å². The number of allylic oxidation sites excluding steroid dienone is 2. The molecule has 0 aliphatic carbocycles. The van der Waals surface area contributed by atoms with Crippen LogP contribution >= 0.6 is 23.2 Å². The largest absolute Gasteiger partial charge is 0.281 e. The molecule has 0 aliphatic heterocycles. The number of nitrogens with zero attached hydrogens (tertiary/aromatic N) is 1. The molecule has 14 heavy (non-hydrogen) atoms. The average molecular weight is 231 g/mol. The van der Waals surface area contributed by atoms with Crippen molar-refractivity contribution in [1.82, 2.24) is 0 Å². The van der Waals surface area contributed by atoms with Gasteiger partial charge in [-0.05, 0) is 26.0 Å². The number of hydrogen-bond donors (Lipinski definition) is 1. The summed E-state index contributed by atoms with van der Waals surface area (Å²) in [4.78, 5) is 0. The topological polar surface area (TPSA) is 29.3 Å². The van der Waals surface area contributed by atoms with E-state index in [0.717, 1.165) is 5.70 Å². The Hall–Kier alpha value is -0.700. The molecular weight excluding hydrogens is 219 g/mol. The zero-order chi connectivity index (χ0) is 10.7. The Morgan fingerprint density at radius 2 is 1.86 bits per heavy atom. The highest BCUT2D eigenvalue weighted by Gasteiger charge is 2.11. The lowest BCUT2D eigenvalue weighted by atomic mass is 10.3. The van der Waals surface area contributed by atoms with Crippen LogP contribution in [0.2, 0.25) is 10.0 Å². The Morgan fingerprint density at radius 3 is 2.29 bits per heavy atom. The van der Waals surface area contributed by atoms with Crippen LogP contribution in [-0.2, 0) is 0 Å². The van der Waals surface area contributed by atoms with Gasteiger partial charge in [0, 0.05) is 5.70 Å². The van der Waals surface area contributed by atoms with E-state index >= 15 is 0 Å². The molecule has 76 valence electrons. The van der Waals surface area contributed by atoms with Crippen molar-refractivity contribution in [3.05, 3.63) is 40.0 Å². The summed E-state index contributed by atoms with van der Waals surface area (Å²) in [6.07, 6.45) is 1.89. The lowest BCUT2D eigenvalue weighted by Crippen LogP contribution is -2.29. The molecule has 4 heteroatoms. The van der Waals surface area contributed by atoms with Gasteiger partial charge >= 0.3 is 0 Å². The minimum absolute atomic E-state index is 0.543. The summed E-state index contributed by atoms with van der Waals surface area (Å²) in [5.41, 5.74) is 1.52. The van der Waals surface area contributed by atoms with Gasteiger partial charge in [0.15, 0.2) is 0 Å². The molecule has 0 saturated heterocycles. The Morgan fingerprint density at radius 1 is 1.36 bits per heavy atom. The van der Waals surface area contributed by atoms with E-state index in [1.165, 1.54) is 5.01 Å². The first-order valence-corrected chi connectivity index (χ1v) is 4.95. The van der Waals surface area contributed by atoms with Gasteiger partial charge in [-0.25, -0.2) is 5.84 Å². The molecule has 1 aromatic carbocycles. The predicted octanol–water partition coefficient (Wildman–Crippen LogP) is 3.60. The van der Waals surface area contributed by atoms with Gasteiger partial charge in [0.1, 0.15) is 0 Å². The first kappa shape index (κ1) is 11.4. The second-order valence-electron chi connectivity index (χ2n) is 2.87. The van der Waals surface area contributed by atoms with E-state index in [-0.39, 0.29) is 0 Å². The molecule has 0 aliphatic rings. The molecule has 0 radical (unpaired) electrons. The quantitative estimate of drug-likeness (QED) is 0.622. The highest BCUT2D eigenvalue weighted by Crippen LogP contribution is 2.33. The van der Waals surface area contributed by atoms with Crippen LogP contribution in [0.5, 0.6) is 0 Å². The van der Waals surface area contributed by atoms with Crippen molar-refractivity contribution < 1.29 is 0 Å². The molecule has 0 heterocycles. The zero-order valence-corrected chi connectivity index (χ0v) is 9.60. The SMILES string of the molecule is C/C=C(/C)N(N)c1c(Cl)cccc1Cl. The van der Waals surface area contributed by atoms with E-state index in [4.69, 9.17) is 29.0 Å². The van der Waals surface area contributed by atoms with Gasteiger partial charge < -0.3 is 0 Å². The minimum atomic E-state index is 0.543. The van der Waals surface area contributed by atoms with Crippen molar-refractivity contribution in [2.45, 2.75) is 13.8 Å². The monoisotopic (exact) mass is 230 g/mol. The number of para-hydroxylation sites is 1. The van der Waals surface area contributed by atoms with Gasteiger partial charge in [-0.3, -0.25) is 5.01 Å². The number of halogens is 2. The van der Waals surface area contributed by atoms with Crippen molar-refractivity contribution in [3.8, 4) is 0 Å². The summed E-state index contributed by atoms with van der Waals surface area (Å²) in [6.45, 7) is 3.79. The van der Waals surface area contributed by atoms with Crippen LogP contribution in [0.1, 0.15) is 13.8 Å². The van der Waals surface area contributed by atoms with E-state index in [0.29, 0.717) is 15.7 Å². The number of hydrogen-bond acceptors (Lipinski definition) is 2. The smallest absolute Gasteiger partial charge is 0.0943 e. The van der Waals surface area contributed by atoms with Gasteiger partial charge in [-0.15, -0.1) is 0 Å². The number of hydrazine groups is 1. The Labute approximate surface area is 93.9 Å². The van der Waals surface area contributed by atoms with Crippen LogP contribution in [0.25, 0.3) is 0 Å². The highest BCUT2D eigenvalue weighted by molar-refractivity contribution is 6.39. The minimum Gasteiger partial charge on any atom is -0.281 e. The third-order valence-electron chi connectivity index (χ3n) is 1.98. The number of anilines is 1. The van der Waals surface area contributed by atoms with Crippen LogP contribution in [-0.4, -0.2) is 0 Å². The van der Waals surface area contributed by atoms with E-state index in [1.807, 2.05) is 19.9 Å². The molecule has 2 N–H and O–H groups in total. The molecule has 0 fully saturated rings. The van der Waals surface area contributed by atoms with E-state index in [2.05, 4.69) is 0 Å². The van der Waals surface area contributed by atoms with Crippen LogP contribution in [0.15, 0.2) is 30.0 Å². The maximum absolute atomic E-state index is 5.99. The lowest BCUT2D eigenvalue weighted by molar-refractivity contribution is 0.991. The maximum atomic E-state index is 5.99. The Balaban J connectivity index is 3.18. The molecule has 0 atom stereocenters. The van der Waals surface area contributed by atoms with Crippen LogP contribution in [0.4, 0.5) is 5.69 Å². The third kappa shape index (κ3) is 2.21. The normalized spacial score (nSPS) is 11.6. The molecule has 0 saturated carbocycles. The number of rotatable bonds is 2. The molecule has 0 amide bonds. The second kappa shape index (κ2) is 4.69. The van der Waals surface area contributed by atoms with Crippen molar-refractivity contribution >= 4 is 28.9 Å². The maximum Gasteiger partial charge on any atom is 0.0943 e. The highest BCUT2D eigenvalue weighted by atomic mass is 35.5. The molecule has 1 rings (SSSR count). The van der Waals surface area contributed by atoms with Crippen LogP contribution in [0, 0.1) is 0 Å². The third-order valence-corrected chi connectivity index (χ3v) is 2.59. The first-order valence-electron chi connectivity index (χ1n) is 4.19. The molecule has 1 aromatic rings. The second-order valence-corrected chi connectivity index (χ2v) is 3.68. The van der Waals surface area contributed by atoms with Crippen molar-refractivity contribution in [2.75, 3.05) is 5.01 Å². The summed E-state index contributed by atoms with van der Waals surface area (Å²) in [5.74, 6) is 5.85. The summed E-state index contributed by atoms with van der Waals surface area (Å²) in [6, 6.07) is 5.30. The number of nitrogens with two attached hydrogens (primary N) is 1. The average Bonchev–Trinajstić information content (AvgIpc) is 2.16. The molecule has 0 spiro atoms. The van der Waals surface area contributed by atoms with Crippen molar-refractivity contribution in [2.24, 2.45) is 5.84 Å². The standard InChI is InChI=1S/C10H12Cl2N2/c1-3-7(2)14(13)10-8(11)5-4-6-9(10)12/h3-6H,13H2,1-2H3/b7-3-. The van der Waals surface area contributed by atoms with Crippen LogP contribution in [0.3, 0.4) is 0 Å². The molecular formula is C10H12Cl2N2. The van der Waals surface area contributed by atoms with E-state index < -0.39 is 0 Å². The zero-order valence-electron chi connectivity index (χ0n) is 8.09. The summed E-state index contributed by atoms with van der Waals surface area (Å²) in [7, 11) is 0. The molecule has 0 aromatic heterocycles. The first-order chi connectivity index (χ1) is 6.57. The van der Waals surface area contributed by atoms with Crippen LogP contribution < -0.4 is 10.9 Å². The predicted molar refractivity (Wildman–Crippen MR) is 62.6 cm³/mol. The fraction of sp³-hybridized carbons (Fsp3) is 0.200. The fourth-order valence-electron chi connectivity index (χ4n) is 1.03. The lowest BCUT2D eigenvalue weighted by Gasteiger charge is -2.21. The van der Waals surface area contributed by atoms with Gasteiger partial charge in [0.2, 0.25) is 0 Å². The van der Waals surface area contributed by atoms with E-state index in [1.54, 1.807) is 18.2 Å². The Kier molecular flexibility index (Phi) is 3.81. The molecule has 0 unspecified atom stereocenters. The Bertz CT molecular complexity index is 341. The summed E-state index contributed by atoms with van der Waals surface area (Å²) < 4.78 is 0. The van der Waals surface area contributed by atoms with Gasteiger partial charge in [0.05, 0.1) is 15.7 Å². The van der Waals surface area contributed by atoms with Gasteiger partial charge in [-0.2, -0.15) is 0 Å². The molecule has 0 bridgehead atoms. The summed E-state index contributed by atoms with van der Waals surface area (Å²) >= 11 is 12.0.